The Bertz CT molecular complexity index is 444. The molecule has 1 aliphatic rings. The molecule has 0 bridgehead atoms. The molecule has 1 atom stereocenters. The summed E-state index contributed by atoms with van der Waals surface area (Å²) in [6.45, 7) is 0.990. The highest BCUT2D eigenvalue weighted by molar-refractivity contribution is 6.13. The third-order valence-electron chi connectivity index (χ3n) is 2.49. The standard InChI is InChI=1S/C12H17N3O6/c1-8(16)14-21-7-9(17)6-13-10(18)4-5-15-11(19)2-3-12(15)20/h2-3,9,17H,4-7H2,1H3,(H,13,18)(H,14,16). The molecule has 21 heavy (non-hydrogen) atoms. The van der Waals surface area contributed by atoms with Gasteiger partial charge in [-0.3, -0.25) is 28.9 Å². The zero-order valence-electron chi connectivity index (χ0n) is 11.5. The number of hydrogen-bond acceptors (Lipinski definition) is 6. The SMILES string of the molecule is CC(=O)NOCC(O)CNC(=O)CCN1C(=O)C=CC1=O. The van der Waals surface area contributed by atoms with Gasteiger partial charge in [0, 0.05) is 38.6 Å². The molecule has 0 aromatic heterocycles. The van der Waals surface area contributed by atoms with E-state index in [4.69, 9.17) is 0 Å². The minimum atomic E-state index is -0.988. The Balaban J connectivity index is 2.15. The van der Waals surface area contributed by atoms with E-state index in [9.17, 15) is 24.3 Å². The lowest BCUT2D eigenvalue weighted by Crippen LogP contribution is -2.39. The van der Waals surface area contributed by atoms with Crippen molar-refractivity contribution in [2.75, 3.05) is 19.7 Å². The van der Waals surface area contributed by atoms with Gasteiger partial charge in [0.2, 0.25) is 11.8 Å². The maximum atomic E-state index is 11.5. The van der Waals surface area contributed by atoms with Gasteiger partial charge in [-0.2, -0.15) is 0 Å². The van der Waals surface area contributed by atoms with E-state index in [1.54, 1.807) is 0 Å². The Kier molecular flexibility index (Phi) is 6.50. The van der Waals surface area contributed by atoms with Crippen LogP contribution in [0.4, 0.5) is 0 Å². The number of carbonyl (C=O) groups excluding carboxylic acids is 4. The molecular weight excluding hydrogens is 282 g/mol. The van der Waals surface area contributed by atoms with Crippen LogP contribution in [0.3, 0.4) is 0 Å². The zero-order chi connectivity index (χ0) is 15.8. The average Bonchev–Trinajstić information content (AvgIpc) is 2.73. The smallest absolute Gasteiger partial charge is 0.253 e. The molecule has 0 fully saturated rings. The summed E-state index contributed by atoms with van der Waals surface area (Å²) in [5.41, 5.74) is 2.04. The fourth-order valence-corrected chi connectivity index (χ4v) is 1.48. The second kappa shape index (κ2) is 8.12. The molecule has 0 radical (unpaired) electrons. The van der Waals surface area contributed by atoms with Gasteiger partial charge in [-0.25, -0.2) is 5.48 Å². The number of imide groups is 1. The van der Waals surface area contributed by atoms with Crippen molar-refractivity contribution < 1.29 is 29.1 Å². The van der Waals surface area contributed by atoms with Gasteiger partial charge in [-0.1, -0.05) is 0 Å². The Morgan fingerprint density at radius 2 is 1.95 bits per heavy atom. The molecule has 116 valence electrons. The molecule has 0 saturated heterocycles. The van der Waals surface area contributed by atoms with Crippen molar-refractivity contribution in [3.63, 3.8) is 0 Å². The number of amides is 4. The summed E-state index contributed by atoms with van der Waals surface area (Å²) < 4.78 is 0. The van der Waals surface area contributed by atoms with E-state index < -0.39 is 29.7 Å². The number of aliphatic hydroxyl groups is 1. The van der Waals surface area contributed by atoms with Crippen LogP contribution in [0.5, 0.6) is 0 Å². The van der Waals surface area contributed by atoms with Crippen LogP contribution in [-0.2, 0) is 24.0 Å². The number of rotatable bonds is 8. The van der Waals surface area contributed by atoms with Crippen LogP contribution in [0.2, 0.25) is 0 Å². The van der Waals surface area contributed by atoms with Crippen molar-refractivity contribution >= 4 is 23.6 Å². The molecule has 1 unspecified atom stereocenters. The second-order valence-electron chi connectivity index (χ2n) is 4.34. The number of hydrogen-bond donors (Lipinski definition) is 3. The van der Waals surface area contributed by atoms with Crippen molar-refractivity contribution in [2.45, 2.75) is 19.4 Å². The zero-order valence-corrected chi connectivity index (χ0v) is 11.5. The Labute approximate surface area is 120 Å². The summed E-state index contributed by atoms with van der Waals surface area (Å²) >= 11 is 0. The summed E-state index contributed by atoms with van der Waals surface area (Å²) in [5, 5.41) is 11.9. The molecule has 9 nitrogen and oxygen atoms in total. The molecule has 0 spiro atoms. The Morgan fingerprint density at radius 3 is 2.52 bits per heavy atom. The van der Waals surface area contributed by atoms with Crippen molar-refractivity contribution in [3.8, 4) is 0 Å². The van der Waals surface area contributed by atoms with E-state index in [1.165, 1.54) is 6.92 Å². The molecule has 4 amide bonds. The lowest BCUT2D eigenvalue weighted by molar-refractivity contribution is -0.137. The first-order valence-electron chi connectivity index (χ1n) is 6.27. The largest absolute Gasteiger partial charge is 0.389 e. The maximum Gasteiger partial charge on any atom is 0.253 e. The molecule has 0 saturated carbocycles. The first-order valence-corrected chi connectivity index (χ1v) is 6.27. The van der Waals surface area contributed by atoms with Crippen LogP contribution < -0.4 is 10.8 Å². The number of hydroxylamine groups is 1. The van der Waals surface area contributed by atoms with E-state index in [0.29, 0.717) is 0 Å². The second-order valence-corrected chi connectivity index (χ2v) is 4.34. The van der Waals surface area contributed by atoms with E-state index >= 15 is 0 Å². The van der Waals surface area contributed by atoms with Gasteiger partial charge in [0.05, 0.1) is 6.10 Å². The minimum absolute atomic E-state index is 0.0189. The van der Waals surface area contributed by atoms with Crippen molar-refractivity contribution in [1.29, 1.82) is 0 Å². The normalized spacial score (nSPS) is 15.2. The van der Waals surface area contributed by atoms with Crippen molar-refractivity contribution in [3.05, 3.63) is 12.2 Å². The summed E-state index contributed by atoms with van der Waals surface area (Å²) in [6, 6.07) is 0. The molecule has 1 heterocycles. The van der Waals surface area contributed by atoms with Gasteiger partial charge in [0.15, 0.2) is 0 Å². The highest BCUT2D eigenvalue weighted by Gasteiger charge is 2.23. The van der Waals surface area contributed by atoms with Crippen LogP contribution >= 0.6 is 0 Å². The predicted molar refractivity (Wildman–Crippen MR) is 69.3 cm³/mol. The average molecular weight is 299 g/mol. The van der Waals surface area contributed by atoms with Gasteiger partial charge in [-0.15, -0.1) is 0 Å². The molecule has 9 heteroatoms. The van der Waals surface area contributed by atoms with Gasteiger partial charge in [0.25, 0.3) is 11.8 Å². The van der Waals surface area contributed by atoms with E-state index in [0.717, 1.165) is 17.1 Å². The summed E-state index contributed by atoms with van der Waals surface area (Å²) in [5.74, 6) is -1.71. The monoisotopic (exact) mass is 299 g/mol. The lowest BCUT2D eigenvalue weighted by Gasteiger charge is -2.14. The molecule has 3 N–H and O–H groups in total. The first kappa shape index (κ1) is 16.8. The van der Waals surface area contributed by atoms with Gasteiger partial charge >= 0.3 is 0 Å². The van der Waals surface area contributed by atoms with Crippen molar-refractivity contribution in [1.82, 2.24) is 15.7 Å². The number of nitrogens with one attached hydrogen (secondary N) is 2. The van der Waals surface area contributed by atoms with Crippen LogP contribution in [0.25, 0.3) is 0 Å². The highest BCUT2D eigenvalue weighted by atomic mass is 16.7. The summed E-state index contributed by atoms with van der Waals surface area (Å²) in [6.07, 6.45) is 1.24. The highest BCUT2D eigenvalue weighted by Crippen LogP contribution is 2.03. The molecule has 0 aromatic rings. The number of nitrogens with zero attached hydrogens (tertiary/aromatic N) is 1. The Hall–Kier alpha value is -2.26. The number of carbonyl (C=O) groups is 4. The number of aliphatic hydroxyl groups excluding tert-OH is 1. The third kappa shape index (κ3) is 6.15. The molecule has 0 aromatic carbocycles. The molecule has 1 rings (SSSR count). The fourth-order valence-electron chi connectivity index (χ4n) is 1.48. The minimum Gasteiger partial charge on any atom is -0.389 e. The lowest BCUT2D eigenvalue weighted by atomic mass is 10.3. The maximum absolute atomic E-state index is 11.5. The molecule has 0 aliphatic carbocycles. The summed E-state index contributed by atoms with van der Waals surface area (Å²) in [4.78, 5) is 50.1. The first-order chi connectivity index (χ1) is 9.90. The van der Waals surface area contributed by atoms with E-state index in [-0.39, 0.29) is 26.1 Å². The van der Waals surface area contributed by atoms with Crippen LogP contribution in [-0.4, -0.2) is 59.4 Å². The van der Waals surface area contributed by atoms with Gasteiger partial charge < -0.3 is 10.4 Å². The topological polar surface area (TPSA) is 125 Å². The summed E-state index contributed by atoms with van der Waals surface area (Å²) in [7, 11) is 0. The van der Waals surface area contributed by atoms with Crippen molar-refractivity contribution in [2.24, 2.45) is 0 Å². The van der Waals surface area contributed by atoms with Gasteiger partial charge in [-0.05, 0) is 0 Å². The van der Waals surface area contributed by atoms with Crippen LogP contribution in [0.15, 0.2) is 12.2 Å². The van der Waals surface area contributed by atoms with E-state index in [2.05, 4.69) is 10.2 Å². The predicted octanol–water partition coefficient (Wildman–Crippen LogP) is -2.15. The fraction of sp³-hybridized carbons (Fsp3) is 0.500. The van der Waals surface area contributed by atoms with E-state index in [1.807, 2.05) is 5.48 Å². The van der Waals surface area contributed by atoms with Crippen LogP contribution in [0, 0.1) is 0 Å². The quantitative estimate of drug-likeness (QED) is 0.346. The molecule has 1 aliphatic heterocycles. The van der Waals surface area contributed by atoms with Crippen LogP contribution in [0.1, 0.15) is 13.3 Å². The van der Waals surface area contributed by atoms with Gasteiger partial charge in [0.1, 0.15) is 6.61 Å². The Morgan fingerprint density at radius 1 is 1.33 bits per heavy atom. The third-order valence-corrected chi connectivity index (χ3v) is 2.49. The molecular formula is C12H17N3O6.